The molecule has 0 N–H and O–H groups in total. The van der Waals surface area contributed by atoms with Crippen LogP contribution in [0.15, 0.2) is 41.1 Å². The monoisotopic (exact) mass is 450 g/mol. The minimum absolute atomic E-state index is 0.861. The van der Waals surface area contributed by atoms with Crippen molar-refractivity contribution in [2.75, 3.05) is 0 Å². The van der Waals surface area contributed by atoms with Crippen LogP contribution in [-0.2, 0) is 6.42 Å². The maximum absolute atomic E-state index is 2.38. The van der Waals surface area contributed by atoms with Crippen molar-refractivity contribution in [3.63, 3.8) is 0 Å². The van der Waals surface area contributed by atoms with Gasteiger partial charge in [-0.3, -0.25) is 0 Å². The Morgan fingerprint density at radius 3 is 1.72 bits per heavy atom. The normalized spacial score (nSPS) is 13.5. The van der Waals surface area contributed by atoms with Crippen LogP contribution in [0.2, 0.25) is 0 Å². The van der Waals surface area contributed by atoms with Crippen LogP contribution in [0.5, 0.6) is 0 Å². The smallest absolute Gasteiger partial charge is 0.0806 e. The molecular weight excluding hydrogens is 400 g/mol. The maximum Gasteiger partial charge on any atom is 0.117 e. The second-order valence-corrected chi connectivity index (χ2v) is 11.4. The summed E-state index contributed by atoms with van der Waals surface area (Å²) in [7, 11) is 0.861. The van der Waals surface area contributed by atoms with E-state index in [2.05, 4.69) is 51.1 Å². The van der Waals surface area contributed by atoms with Crippen molar-refractivity contribution in [2.24, 2.45) is 0 Å². The fourth-order valence-electron chi connectivity index (χ4n) is 4.93. The fourth-order valence-corrected chi connectivity index (χ4v) is 6.41. The molecule has 0 fully saturated rings. The first-order valence-corrected chi connectivity index (χ1v) is 14.9. The summed E-state index contributed by atoms with van der Waals surface area (Å²) in [6.45, 7) is 6.89. The quantitative estimate of drug-likeness (QED) is 0.145. The van der Waals surface area contributed by atoms with Gasteiger partial charge in [-0.1, -0.05) is 150 Å². The average Bonchev–Trinajstić information content (AvgIpc) is 3.19. The van der Waals surface area contributed by atoms with Crippen molar-refractivity contribution < 1.29 is 0 Å². The molecule has 0 saturated heterocycles. The van der Waals surface area contributed by atoms with Gasteiger partial charge in [0.05, 0.1) is 0 Å². The van der Waals surface area contributed by atoms with Crippen LogP contribution in [0.4, 0.5) is 0 Å². The van der Waals surface area contributed by atoms with E-state index in [0.717, 1.165) is 15.9 Å². The summed E-state index contributed by atoms with van der Waals surface area (Å²) in [5.74, 6) is 0. The van der Waals surface area contributed by atoms with Gasteiger partial charge in [0.25, 0.3) is 0 Å². The van der Waals surface area contributed by atoms with Gasteiger partial charge in [0.1, 0.15) is 9.52 Å². The highest BCUT2D eigenvalue weighted by Crippen LogP contribution is 2.19. The maximum atomic E-state index is 2.38. The molecule has 0 aliphatic heterocycles. The number of hydrogen-bond donors (Lipinski definition) is 0. The molecule has 2 radical (unpaired) electrons. The lowest BCUT2D eigenvalue weighted by Gasteiger charge is -2.13. The Balaban J connectivity index is 1.47. The summed E-state index contributed by atoms with van der Waals surface area (Å²) < 4.78 is 0. The van der Waals surface area contributed by atoms with E-state index in [-0.39, 0.29) is 0 Å². The van der Waals surface area contributed by atoms with Gasteiger partial charge >= 0.3 is 0 Å². The first-order valence-electron chi connectivity index (χ1n) is 13.9. The van der Waals surface area contributed by atoms with E-state index in [1.807, 2.05) is 0 Å². The molecule has 0 atom stereocenters. The zero-order valence-corrected chi connectivity index (χ0v) is 22.6. The van der Waals surface area contributed by atoms with Gasteiger partial charge in [-0.15, -0.1) is 0 Å². The third-order valence-corrected chi connectivity index (χ3v) is 8.78. The summed E-state index contributed by atoms with van der Waals surface area (Å²) in [6.07, 6.45) is 30.1. The third kappa shape index (κ3) is 11.2. The molecule has 0 aromatic heterocycles. The second-order valence-electron chi connectivity index (χ2n) is 10.0. The van der Waals surface area contributed by atoms with Crippen LogP contribution in [0, 0.1) is 6.92 Å². The summed E-state index contributed by atoms with van der Waals surface area (Å²) in [5.41, 5.74) is 4.64. The van der Waals surface area contributed by atoms with E-state index in [1.54, 1.807) is 15.9 Å². The van der Waals surface area contributed by atoms with E-state index in [1.165, 1.54) is 120 Å². The predicted molar refractivity (Wildman–Crippen MR) is 146 cm³/mol. The Hall–Kier alpha value is -1.08. The molecule has 0 nitrogen and oxygen atoms in total. The summed E-state index contributed by atoms with van der Waals surface area (Å²) in [6, 6.07) is 6.95. The molecule has 1 aliphatic rings. The molecule has 0 bridgehead atoms. The van der Waals surface area contributed by atoms with Crippen molar-refractivity contribution in [3.8, 4) is 0 Å². The molecule has 32 heavy (non-hydrogen) atoms. The lowest BCUT2D eigenvalue weighted by atomic mass is 10.0. The van der Waals surface area contributed by atoms with Gasteiger partial charge in [0, 0.05) is 0 Å². The van der Waals surface area contributed by atoms with E-state index >= 15 is 0 Å². The van der Waals surface area contributed by atoms with Crippen molar-refractivity contribution >= 4 is 14.7 Å². The molecule has 2 rings (SSSR count). The first-order chi connectivity index (χ1) is 15.7. The second kappa shape index (κ2) is 17.4. The molecule has 0 spiro atoms. The summed E-state index contributed by atoms with van der Waals surface area (Å²) in [4.78, 5) is 0. The molecule has 0 heterocycles. The molecule has 1 aromatic rings. The minimum Gasteiger partial charge on any atom is -0.0806 e. The van der Waals surface area contributed by atoms with Gasteiger partial charge < -0.3 is 0 Å². The fraction of sp³-hybridized carbons (Fsp3) is 0.677. The lowest BCUT2D eigenvalue weighted by molar-refractivity contribution is 0.529. The summed E-state index contributed by atoms with van der Waals surface area (Å²) in [5, 5.41) is 3.24. The SMILES string of the molecule is CCCCCCCCCCCCCCCCCCc1c(C)cccc1[Si]C1=C(C)C=CC1. The van der Waals surface area contributed by atoms with Crippen LogP contribution >= 0.6 is 0 Å². The first kappa shape index (κ1) is 27.2. The zero-order chi connectivity index (χ0) is 22.9. The number of aryl methyl sites for hydroxylation is 1. The van der Waals surface area contributed by atoms with Gasteiger partial charge in [-0.05, 0) is 44.2 Å². The van der Waals surface area contributed by atoms with Gasteiger partial charge in [0.2, 0.25) is 0 Å². The molecule has 1 aliphatic carbocycles. The number of hydrogen-bond acceptors (Lipinski definition) is 0. The van der Waals surface area contributed by atoms with Gasteiger partial charge in [-0.25, -0.2) is 0 Å². The Morgan fingerprint density at radius 1 is 0.688 bits per heavy atom. The highest BCUT2D eigenvalue weighted by molar-refractivity contribution is 6.62. The van der Waals surface area contributed by atoms with Crippen LogP contribution in [0.1, 0.15) is 134 Å². The number of unbranched alkanes of at least 4 members (excludes halogenated alkanes) is 15. The molecular formula is C31H50Si. The highest BCUT2D eigenvalue weighted by atomic mass is 28.2. The topological polar surface area (TPSA) is 0 Å². The average molecular weight is 451 g/mol. The molecule has 0 amide bonds. The van der Waals surface area contributed by atoms with Crippen molar-refractivity contribution in [1.82, 2.24) is 0 Å². The van der Waals surface area contributed by atoms with Crippen LogP contribution in [0.25, 0.3) is 0 Å². The number of allylic oxidation sites excluding steroid dienone is 4. The number of rotatable bonds is 19. The zero-order valence-electron chi connectivity index (χ0n) is 21.6. The number of benzene rings is 1. The van der Waals surface area contributed by atoms with E-state index in [9.17, 15) is 0 Å². The summed E-state index contributed by atoms with van der Waals surface area (Å²) >= 11 is 0. The van der Waals surface area contributed by atoms with Gasteiger partial charge in [0.15, 0.2) is 0 Å². The van der Waals surface area contributed by atoms with E-state index in [4.69, 9.17) is 0 Å². The van der Waals surface area contributed by atoms with Gasteiger partial charge in [-0.2, -0.15) is 0 Å². The third-order valence-electron chi connectivity index (χ3n) is 7.14. The predicted octanol–water partition coefficient (Wildman–Crippen LogP) is 9.36. The molecule has 0 unspecified atom stereocenters. The Bertz CT molecular complexity index is 682. The van der Waals surface area contributed by atoms with Crippen molar-refractivity contribution in [3.05, 3.63) is 52.2 Å². The molecule has 1 heteroatoms. The Kier molecular flexibility index (Phi) is 14.8. The van der Waals surface area contributed by atoms with Crippen LogP contribution in [0.3, 0.4) is 0 Å². The standard InChI is InChI=1S/C31H50Si/c1-4-5-6-7-8-9-10-11-12-13-14-15-16-17-18-19-24-29-27(2)22-20-26-31(29)32-30-25-21-23-28(30)3/h20-23,26H,4-19,24-25H2,1-3H3. The molecule has 0 saturated carbocycles. The van der Waals surface area contributed by atoms with Crippen molar-refractivity contribution in [2.45, 2.75) is 136 Å². The Morgan fingerprint density at radius 2 is 1.22 bits per heavy atom. The van der Waals surface area contributed by atoms with E-state index in [0.29, 0.717) is 0 Å². The molecule has 1 aromatic carbocycles. The van der Waals surface area contributed by atoms with Crippen LogP contribution < -0.4 is 5.19 Å². The minimum atomic E-state index is 0.861. The van der Waals surface area contributed by atoms with Crippen molar-refractivity contribution in [1.29, 1.82) is 0 Å². The van der Waals surface area contributed by atoms with Crippen LogP contribution in [-0.4, -0.2) is 9.52 Å². The Labute approximate surface area is 203 Å². The molecule has 178 valence electrons. The highest BCUT2D eigenvalue weighted by Gasteiger charge is 2.12. The largest absolute Gasteiger partial charge is 0.117 e. The lowest BCUT2D eigenvalue weighted by Crippen LogP contribution is -2.22. The van der Waals surface area contributed by atoms with E-state index < -0.39 is 0 Å².